The molecule has 9 nitrogen and oxygen atoms in total. The van der Waals surface area contributed by atoms with E-state index in [1.807, 2.05) is 62.4 Å². The Morgan fingerprint density at radius 1 is 1.00 bits per heavy atom. The number of pyridine rings is 1. The predicted molar refractivity (Wildman–Crippen MR) is 173 cm³/mol. The zero-order valence-corrected chi connectivity index (χ0v) is 26.3. The Hall–Kier alpha value is -4.66. The second-order valence-corrected chi connectivity index (χ2v) is 10.7. The summed E-state index contributed by atoms with van der Waals surface area (Å²) in [4.78, 5) is 35.0. The van der Waals surface area contributed by atoms with Crippen molar-refractivity contribution < 1.29 is 23.5 Å². The van der Waals surface area contributed by atoms with Crippen LogP contribution in [0.2, 0.25) is 0 Å². The van der Waals surface area contributed by atoms with Crippen LogP contribution in [0.15, 0.2) is 59.1 Å². The van der Waals surface area contributed by atoms with Crippen molar-refractivity contribution in [3.8, 4) is 23.0 Å². The number of hydrogen-bond acceptors (Lipinski definition) is 7. The molecular formula is C35H42N4O5. The lowest BCUT2D eigenvalue weighted by Crippen LogP contribution is -2.20. The Balaban J connectivity index is 0.000000223. The van der Waals surface area contributed by atoms with Crippen LogP contribution < -0.4 is 14.8 Å². The molecule has 0 spiro atoms. The Kier molecular flexibility index (Phi) is 11.5. The number of H-pyrrole nitrogens is 1. The molecule has 1 amide bonds. The summed E-state index contributed by atoms with van der Waals surface area (Å²) in [5.41, 5.74) is 4.78. The monoisotopic (exact) mass is 598 g/mol. The number of oxazole rings is 1. The number of ether oxygens (including phenoxy) is 2. The molecule has 2 N–H and O–H groups in total. The van der Waals surface area contributed by atoms with Crippen molar-refractivity contribution in [1.29, 1.82) is 0 Å². The normalized spacial score (nSPS) is 10.8. The molecule has 0 saturated carbocycles. The molecule has 9 heteroatoms. The third kappa shape index (κ3) is 8.24. The smallest absolute Gasteiger partial charge is 0.224 e. The molecule has 44 heavy (non-hydrogen) atoms. The van der Waals surface area contributed by atoms with Crippen molar-refractivity contribution >= 4 is 33.5 Å². The van der Waals surface area contributed by atoms with Crippen LogP contribution in [0.3, 0.4) is 0 Å². The fourth-order valence-corrected chi connectivity index (χ4v) is 5.07. The summed E-state index contributed by atoms with van der Waals surface area (Å²) in [6.07, 6.45) is 8.40. The van der Waals surface area contributed by atoms with Crippen molar-refractivity contribution in [2.75, 3.05) is 21.3 Å². The number of carbonyl (C=O) groups excluding carboxylic acids is 2. The number of nitrogens with zero attached hydrogens (tertiary/aromatic N) is 2. The van der Waals surface area contributed by atoms with E-state index >= 15 is 0 Å². The Labute approximate surface area is 258 Å². The first-order valence-corrected chi connectivity index (χ1v) is 15.1. The van der Waals surface area contributed by atoms with Gasteiger partial charge in [-0.2, -0.15) is 0 Å². The van der Waals surface area contributed by atoms with Gasteiger partial charge < -0.3 is 24.2 Å². The van der Waals surface area contributed by atoms with E-state index in [1.165, 1.54) is 0 Å². The van der Waals surface area contributed by atoms with Crippen LogP contribution in [-0.4, -0.2) is 47.9 Å². The van der Waals surface area contributed by atoms with Crippen LogP contribution in [0.25, 0.3) is 33.1 Å². The van der Waals surface area contributed by atoms with Gasteiger partial charge in [-0.1, -0.05) is 38.0 Å². The average molecular weight is 599 g/mol. The summed E-state index contributed by atoms with van der Waals surface area (Å²) in [7, 11) is 4.90. The molecule has 2 aromatic carbocycles. The number of carbonyl (C=O) groups is 2. The number of rotatable bonds is 13. The second-order valence-electron chi connectivity index (χ2n) is 10.7. The number of nitrogens with one attached hydrogen (secondary N) is 2. The molecule has 232 valence electrons. The lowest BCUT2D eigenvalue weighted by atomic mass is 10.1. The number of aromatic amines is 1. The fraction of sp³-hybridized carbons (Fsp3) is 0.371. The number of aryl methyl sites for hydroxylation is 2. The number of aromatic nitrogens is 3. The first-order valence-electron chi connectivity index (χ1n) is 15.1. The van der Waals surface area contributed by atoms with Crippen molar-refractivity contribution in [2.45, 2.75) is 65.2 Å². The van der Waals surface area contributed by atoms with Crippen LogP contribution in [-0.2, 0) is 22.4 Å². The van der Waals surface area contributed by atoms with Crippen molar-refractivity contribution in [3.05, 3.63) is 71.9 Å². The third-order valence-corrected chi connectivity index (χ3v) is 7.63. The number of methoxy groups -OCH3 is 2. The van der Waals surface area contributed by atoms with Gasteiger partial charge >= 0.3 is 0 Å². The summed E-state index contributed by atoms with van der Waals surface area (Å²) in [5, 5.41) is 4.72. The molecule has 0 aliphatic heterocycles. The van der Waals surface area contributed by atoms with E-state index < -0.39 is 0 Å². The van der Waals surface area contributed by atoms with Crippen molar-refractivity contribution in [3.63, 3.8) is 0 Å². The average Bonchev–Trinajstić information content (AvgIpc) is 3.65. The summed E-state index contributed by atoms with van der Waals surface area (Å²) < 4.78 is 16.6. The minimum Gasteiger partial charge on any atom is -0.497 e. The van der Waals surface area contributed by atoms with Gasteiger partial charge in [-0.15, -0.1) is 0 Å². The molecule has 5 aromatic rings. The highest BCUT2D eigenvalue weighted by atomic mass is 16.5. The molecule has 5 rings (SSSR count). The van der Waals surface area contributed by atoms with Crippen molar-refractivity contribution in [1.82, 2.24) is 20.3 Å². The van der Waals surface area contributed by atoms with E-state index in [4.69, 9.17) is 13.9 Å². The minimum absolute atomic E-state index is 0.0109. The van der Waals surface area contributed by atoms with Gasteiger partial charge in [0, 0.05) is 48.3 Å². The maximum atomic E-state index is 11.5. The standard InChI is InChI=1S/C22H26N2O3.C13H16N2O2/c1-3-17(25)11-6-4-5-7-13-21-23-15-20(27-21)18-14-16-10-8-9-12-19(16)24-22(18)26-2;1-8-10(7-13(16)14-2)11-6-9(17-3)4-5-12(11)15-8/h8-10,12,14-15H,3-7,11,13H2,1-2H3;4-6,15H,7H2,1-3H3,(H,14,16). The summed E-state index contributed by atoms with van der Waals surface area (Å²) in [5.74, 6) is 3.10. The van der Waals surface area contributed by atoms with E-state index in [-0.39, 0.29) is 5.91 Å². The van der Waals surface area contributed by atoms with Gasteiger partial charge in [0.1, 0.15) is 11.5 Å². The van der Waals surface area contributed by atoms with Crippen LogP contribution in [0.1, 0.15) is 62.6 Å². The number of para-hydroxylation sites is 1. The highest BCUT2D eigenvalue weighted by Crippen LogP contribution is 2.32. The topological polar surface area (TPSA) is 119 Å². The number of fused-ring (bicyclic) bond motifs is 2. The van der Waals surface area contributed by atoms with Crippen LogP contribution in [0.4, 0.5) is 0 Å². The van der Waals surface area contributed by atoms with Crippen LogP contribution in [0.5, 0.6) is 11.6 Å². The summed E-state index contributed by atoms with van der Waals surface area (Å²) in [6.45, 7) is 3.90. The zero-order chi connectivity index (χ0) is 31.5. The molecule has 0 aliphatic rings. The van der Waals surface area contributed by atoms with Gasteiger partial charge in [0.2, 0.25) is 11.8 Å². The lowest BCUT2D eigenvalue weighted by molar-refractivity contribution is -0.120. The highest BCUT2D eigenvalue weighted by Gasteiger charge is 2.15. The van der Waals surface area contributed by atoms with Gasteiger partial charge in [0.25, 0.3) is 0 Å². The van der Waals surface area contributed by atoms with Crippen molar-refractivity contribution in [2.24, 2.45) is 0 Å². The maximum Gasteiger partial charge on any atom is 0.224 e. The third-order valence-electron chi connectivity index (χ3n) is 7.63. The largest absolute Gasteiger partial charge is 0.497 e. The lowest BCUT2D eigenvalue weighted by Gasteiger charge is -2.07. The van der Waals surface area contributed by atoms with E-state index in [0.717, 1.165) is 82.4 Å². The van der Waals surface area contributed by atoms with Gasteiger partial charge in [-0.25, -0.2) is 9.97 Å². The van der Waals surface area contributed by atoms with E-state index in [2.05, 4.69) is 20.3 Å². The quantitative estimate of drug-likeness (QED) is 0.138. The fourth-order valence-electron chi connectivity index (χ4n) is 5.07. The molecule has 0 fully saturated rings. The molecule has 3 heterocycles. The number of hydrogen-bond donors (Lipinski definition) is 2. The molecule has 0 atom stereocenters. The zero-order valence-electron chi connectivity index (χ0n) is 26.3. The molecule has 0 saturated heterocycles. The van der Waals surface area contributed by atoms with Gasteiger partial charge in [0.05, 0.1) is 37.9 Å². The number of likely N-dealkylation sites (N-methyl/N-ethyl adjacent to an activating group) is 1. The number of unbranched alkanes of at least 4 members (excludes halogenated alkanes) is 3. The molecule has 0 radical (unpaired) electrons. The van der Waals surface area contributed by atoms with Gasteiger partial charge in [0.15, 0.2) is 11.7 Å². The molecule has 0 unspecified atom stereocenters. The van der Waals surface area contributed by atoms with Gasteiger partial charge in [-0.3, -0.25) is 9.59 Å². The molecular weight excluding hydrogens is 556 g/mol. The Bertz CT molecular complexity index is 1700. The predicted octanol–water partition coefficient (Wildman–Crippen LogP) is 7.14. The molecule has 0 aliphatic carbocycles. The first kappa shape index (κ1) is 32.3. The SMILES string of the molecule is CCC(=O)CCCCCCc1ncc(-c2cc3ccccc3nc2OC)o1.CNC(=O)Cc1c(C)[nH]c2ccc(OC)cc12. The van der Waals surface area contributed by atoms with E-state index in [0.29, 0.717) is 36.7 Å². The number of benzene rings is 2. The Morgan fingerprint density at radius 3 is 2.55 bits per heavy atom. The first-order chi connectivity index (χ1) is 21.4. The summed E-state index contributed by atoms with van der Waals surface area (Å²) in [6, 6.07) is 15.8. The summed E-state index contributed by atoms with van der Waals surface area (Å²) >= 11 is 0. The second kappa shape index (κ2) is 15.7. The number of Topliss-reactive ketones (excluding diaryl/α,β-unsaturated/α-hetero) is 1. The number of amides is 1. The van der Waals surface area contributed by atoms with E-state index in [9.17, 15) is 9.59 Å². The van der Waals surface area contributed by atoms with Crippen LogP contribution in [0, 0.1) is 6.92 Å². The molecule has 0 bridgehead atoms. The Morgan fingerprint density at radius 2 is 1.80 bits per heavy atom. The maximum absolute atomic E-state index is 11.5. The van der Waals surface area contributed by atoms with Gasteiger partial charge in [-0.05, 0) is 55.7 Å². The molecule has 3 aromatic heterocycles. The van der Waals surface area contributed by atoms with Crippen LogP contribution >= 0.6 is 0 Å². The highest BCUT2D eigenvalue weighted by molar-refractivity contribution is 5.91. The number of ketones is 1. The van der Waals surface area contributed by atoms with E-state index in [1.54, 1.807) is 27.5 Å². The minimum atomic E-state index is 0.0109.